The molecular formula is C20H25N5O3S. The molecule has 0 aliphatic carbocycles. The van der Waals surface area contributed by atoms with E-state index in [1.165, 1.54) is 5.56 Å². The quantitative estimate of drug-likeness (QED) is 0.753. The van der Waals surface area contributed by atoms with Gasteiger partial charge in [0.25, 0.3) is 5.91 Å². The van der Waals surface area contributed by atoms with Crippen LogP contribution in [0.2, 0.25) is 0 Å². The molecule has 0 radical (unpaired) electrons. The van der Waals surface area contributed by atoms with E-state index in [9.17, 15) is 4.79 Å². The Kier molecular flexibility index (Phi) is 5.34. The van der Waals surface area contributed by atoms with Crippen molar-refractivity contribution in [3.05, 3.63) is 35.7 Å². The molecule has 0 saturated carbocycles. The third-order valence-electron chi connectivity index (χ3n) is 6.03. The topological polar surface area (TPSA) is 71.0 Å². The minimum Gasteiger partial charge on any atom is -0.454 e. The Morgan fingerprint density at radius 1 is 1.14 bits per heavy atom. The summed E-state index contributed by atoms with van der Waals surface area (Å²) in [6.07, 6.45) is 3.78. The molecule has 3 aliphatic heterocycles. The van der Waals surface area contributed by atoms with Gasteiger partial charge in [-0.2, -0.15) is 8.75 Å². The van der Waals surface area contributed by atoms with Gasteiger partial charge in [0.05, 0.1) is 17.9 Å². The van der Waals surface area contributed by atoms with Gasteiger partial charge in [0.2, 0.25) is 6.79 Å². The Morgan fingerprint density at radius 2 is 2.00 bits per heavy atom. The van der Waals surface area contributed by atoms with Crippen molar-refractivity contribution < 1.29 is 14.3 Å². The lowest BCUT2D eigenvalue weighted by Gasteiger charge is -2.43. The molecule has 2 fully saturated rings. The van der Waals surface area contributed by atoms with E-state index in [1.807, 2.05) is 11.0 Å². The van der Waals surface area contributed by atoms with Crippen LogP contribution in [0.1, 0.15) is 28.9 Å². The fourth-order valence-corrected chi connectivity index (χ4v) is 4.85. The van der Waals surface area contributed by atoms with E-state index >= 15 is 0 Å². The molecule has 4 heterocycles. The average molecular weight is 416 g/mol. The van der Waals surface area contributed by atoms with Gasteiger partial charge in [-0.05, 0) is 30.5 Å². The molecule has 0 N–H and O–H groups in total. The standard InChI is InChI=1S/C20H25N5O3S/c26-20(17-11-21-29-22-17)25-5-1-2-16(13-25)24-8-6-23(7-9-24)12-15-3-4-18-19(10-15)28-14-27-18/h3-4,10-11,16H,1-2,5-9,12-14H2/t16-/m0/s1. The summed E-state index contributed by atoms with van der Waals surface area (Å²) >= 11 is 1.09. The van der Waals surface area contributed by atoms with E-state index in [-0.39, 0.29) is 5.91 Å². The number of piperazine rings is 1. The monoisotopic (exact) mass is 415 g/mol. The molecule has 0 spiro atoms. The number of fused-ring (bicyclic) bond motifs is 1. The fourth-order valence-electron chi connectivity index (χ4n) is 4.44. The number of carbonyl (C=O) groups is 1. The number of likely N-dealkylation sites (tertiary alicyclic amines) is 1. The van der Waals surface area contributed by atoms with Crippen LogP contribution in [0, 0.1) is 0 Å². The van der Waals surface area contributed by atoms with E-state index in [0.29, 0.717) is 18.5 Å². The van der Waals surface area contributed by atoms with Crippen LogP contribution in [0.3, 0.4) is 0 Å². The summed E-state index contributed by atoms with van der Waals surface area (Å²) in [5.41, 5.74) is 1.73. The molecule has 1 atom stereocenters. The first-order valence-electron chi connectivity index (χ1n) is 10.2. The van der Waals surface area contributed by atoms with E-state index in [2.05, 4.69) is 30.7 Å². The van der Waals surface area contributed by atoms with Crippen LogP contribution in [-0.4, -0.2) is 81.5 Å². The van der Waals surface area contributed by atoms with Gasteiger partial charge in [-0.1, -0.05) is 6.07 Å². The van der Waals surface area contributed by atoms with Gasteiger partial charge in [-0.3, -0.25) is 14.6 Å². The predicted octanol–water partition coefficient (Wildman–Crippen LogP) is 1.69. The molecule has 8 nitrogen and oxygen atoms in total. The molecule has 1 amide bonds. The number of nitrogens with zero attached hydrogens (tertiary/aromatic N) is 5. The molecule has 2 aromatic rings. The molecule has 2 saturated heterocycles. The maximum absolute atomic E-state index is 12.6. The van der Waals surface area contributed by atoms with E-state index in [0.717, 1.165) is 81.9 Å². The highest BCUT2D eigenvalue weighted by Gasteiger charge is 2.31. The summed E-state index contributed by atoms with van der Waals surface area (Å²) in [6.45, 7) is 7.00. The van der Waals surface area contributed by atoms with Crippen LogP contribution < -0.4 is 9.47 Å². The Labute approximate surface area is 174 Å². The fraction of sp³-hybridized carbons (Fsp3) is 0.550. The van der Waals surface area contributed by atoms with E-state index in [1.54, 1.807) is 6.20 Å². The maximum Gasteiger partial charge on any atom is 0.275 e. The van der Waals surface area contributed by atoms with E-state index in [4.69, 9.17) is 9.47 Å². The van der Waals surface area contributed by atoms with Crippen LogP contribution in [0.5, 0.6) is 11.5 Å². The van der Waals surface area contributed by atoms with Gasteiger partial charge in [0.1, 0.15) is 0 Å². The summed E-state index contributed by atoms with van der Waals surface area (Å²) in [4.78, 5) is 19.6. The van der Waals surface area contributed by atoms with Crippen molar-refractivity contribution in [1.29, 1.82) is 0 Å². The molecule has 154 valence electrons. The van der Waals surface area contributed by atoms with Crippen molar-refractivity contribution >= 4 is 17.6 Å². The SMILES string of the molecule is O=C(c1cnsn1)N1CCC[C@H](N2CCN(Cc3ccc4c(c3)OCO4)CC2)C1. The molecular weight excluding hydrogens is 390 g/mol. The molecule has 29 heavy (non-hydrogen) atoms. The first-order valence-corrected chi connectivity index (χ1v) is 10.9. The highest BCUT2D eigenvalue weighted by atomic mass is 32.1. The largest absolute Gasteiger partial charge is 0.454 e. The van der Waals surface area contributed by atoms with Crippen molar-refractivity contribution in [2.24, 2.45) is 0 Å². The minimum atomic E-state index is 0.0184. The van der Waals surface area contributed by atoms with Gasteiger partial charge in [0, 0.05) is 51.9 Å². The third-order valence-corrected chi connectivity index (χ3v) is 6.51. The first kappa shape index (κ1) is 18.8. The van der Waals surface area contributed by atoms with Crippen molar-refractivity contribution in [1.82, 2.24) is 23.4 Å². The van der Waals surface area contributed by atoms with Crippen molar-refractivity contribution in [2.45, 2.75) is 25.4 Å². The average Bonchev–Trinajstić information content (AvgIpc) is 3.46. The van der Waals surface area contributed by atoms with Crippen LogP contribution in [-0.2, 0) is 6.54 Å². The zero-order valence-electron chi connectivity index (χ0n) is 16.3. The zero-order chi connectivity index (χ0) is 19.6. The number of amides is 1. The number of benzene rings is 1. The summed E-state index contributed by atoms with van der Waals surface area (Å²) in [5.74, 6) is 1.71. The Morgan fingerprint density at radius 3 is 2.83 bits per heavy atom. The highest BCUT2D eigenvalue weighted by molar-refractivity contribution is 6.99. The van der Waals surface area contributed by atoms with Gasteiger partial charge in [0.15, 0.2) is 17.2 Å². The number of piperidine rings is 1. The summed E-state index contributed by atoms with van der Waals surface area (Å²) in [7, 11) is 0. The predicted molar refractivity (Wildman–Crippen MR) is 108 cm³/mol. The Balaban J connectivity index is 1.14. The summed E-state index contributed by atoms with van der Waals surface area (Å²) in [5, 5.41) is 0. The van der Waals surface area contributed by atoms with Gasteiger partial charge >= 0.3 is 0 Å². The van der Waals surface area contributed by atoms with Crippen molar-refractivity contribution in [3.63, 3.8) is 0 Å². The number of hydrogen-bond donors (Lipinski definition) is 0. The Bertz CT molecular complexity index is 854. The maximum atomic E-state index is 12.6. The third kappa shape index (κ3) is 4.08. The number of aromatic nitrogens is 2. The Hall–Kier alpha value is -2.23. The molecule has 9 heteroatoms. The van der Waals surface area contributed by atoms with Gasteiger partial charge in [-0.25, -0.2) is 0 Å². The zero-order valence-corrected chi connectivity index (χ0v) is 17.1. The summed E-state index contributed by atoms with van der Waals surface area (Å²) < 4.78 is 19.0. The molecule has 0 bridgehead atoms. The molecule has 1 aromatic carbocycles. The lowest BCUT2D eigenvalue weighted by molar-refractivity contribution is 0.0404. The van der Waals surface area contributed by atoms with E-state index < -0.39 is 0 Å². The minimum absolute atomic E-state index is 0.0184. The number of carbonyl (C=O) groups excluding carboxylic acids is 1. The lowest BCUT2D eigenvalue weighted by atomic mass is 10.0. The van der Waals surface area contributed by atoms with Crippen LogP contribution in [0.4, 0.5) is 0 Å². The molecule has 3 aliphatic rings. The molecule has 1 aromatic heterocycles. The molecule has 0 unspecified atom stereocenters. The smallest absolute Gasteiger partial charge is 0.275 e. The van der Waals surface area contributed by atoms with Crippen LogP contribution in [0.25, 0.3) is 0 Å². The van der Waals surface area contributed by atoms with Gasteiger partial charge < -0.3 is 14.4 Å². The second-order valence-corrected chi connectivity index (χ2v) is 8.40. The van der Waals surface area contributed by atoms with Gasteiger partial charge in [-0.15, -0.1) is 0 Å². The van der Waals surface area contributed by atoms with Crippen LogP contribution in [0.15, 0.2) is 24.4 Å². The molecule has 5 rings (SSSR count). The second-order valence-electron chi connectivity index (χ2n) is 7.84. The number of ether oxygens (including phenoxy) is 2. The number of hydrogen-bond acceptors (Lipinski definition) is 8. The lowest BCUT2D eigenvalue weighted by Crippen LogP contribution is -2.55. The summed E-state index contributed by atoms with van der Waals surface area (Å²) in [6, 6.07) is 6.65. The second kappa shape index (κ2) is 8.25. The van der Waals surface area contributed by atoms with Crippen LogP contribution >= 0.6 is 11.7 Å². The van der Waals surface area contributed by atoms with Crippen molar-refractivity contribution in [3.8, 4) is 11.5 Å². The number of rotatable bonds is 4. The van der Waals surface area contributed by atoms with Crippen molar-refractivity contribution in [2.75, 3.05) is 46.1 Å². The first-order chi connectivity index (χ1) is 14.3. The normalized spacial score (nSPS) is 22.8. The highest BCUT2D eigenvalue weighted by Crippen LogP contribution is 2.33.